The Kier molecular flexibility index (Phi) is 3.58. The van der Waals surface area contributed by atoms with Crippen molar-refractivity contribution < 1.29 is 43.9 Å². The molecule has 0 aromatic heterocycles. The van der Waals surface area contributed by atoms with Crippen LogP contribution in [0.2, 0.25) is 0 Å². The molecule has 0 aliphatic carbocycles. The molecule has 0 aromatic carbocycles. The predicted molar refractivity (Wildman–Crippen MR) is 31.1 cm³/mol. The Morgan fingerprint density at radius 3 is 1.19 bits per heavy atom. The first kappa shape index (κ1) is 15.0. The Balaban J connectivity index is 5.15. The van der Waals surface area contributed by atoms with Crippen molar-refractivity contribution in [2.45, 2.75) is 24.2 Å². The molecule has 0 amide bonds. The largest absolute Gasteiger partial charge is 0.460 e. The molecule has 0 aliphatic rings. The van der Waals surface area contributed by atoms with Gasteiger partial charge in [0.15, 0.2) is 0 Å². The van der Waals surface area contributed by atoms with Gasteiger partial charge in [-0.15, -0.1) is 0 Å². The molecule has 0 aliphatic heterocycles. The maximum Gasteiger partial charge on any atom is 0.460 e. The Morgan fingerprint density at radius 1 is 0.562 bits per heavy atom. The lowest BCUT2D eigenvalue weighted by Crippen LogP contribution is -2.50. The van der Waals surface area contributed by atoms with Crippen molar-refractivity contribution in [3.8, 4) is 0 Å². The molecule has 96 valence electrons. The Bertz CT molecular complexity index is 266. The maximum absolute atomic E-state index is 12.2. The van der Waals surface area contributed by atoms with Gasteiger partial charge >= 0.3 is 24.2 Å². The molecule has 0 heterocycles. The minimum Gasteiger partial charge on any atom is -0.195 e. The topological polar surface area (TPSA) is 0 Å². The van der Waals surface area contributed by atoms with Gasteiger partial charge in [-0.3, -0.25) is 0 Å². The molecule has 0 spiro atoms. The minimum absolute atomic E-state index is 1.38. The van der Waals surface area contributed by atoms with Crippen LogP contribution in [0.15, 0.2) is 12.2 Å². The molecule has 0 atom stereocenters. The van der Waals surface area contributed by atoms with Gasteiger partial charge in [0.05, 0.1) is 0 Å². The third-order valence-electron chi connectivity index (χ3n) is 1.26. The van der Waals surface area contributed by atoms with Crippen LogP contribution in [0.5, 0.6) is 0 Å². The molecule has 0 saturated heterocycles. The van der Waals surface area contributed by atoms with Gasteiger partial charge in [-0.2, -0.15) is 43.9 Å². The van der Waals surface area contributed by atoms with Crippen LogP contribution in [-0.4, -0.2) is 24.2 Å². The van der Waals surface area contributed by atoms with E-state index in [0.717, 1.165) is 0 Å². The van der Waals surface area contributed by atoms with E-state index in [1.165, 1.54) is 0 Å². The fourth-order valence-electron chi connectivity index (χ4n) is 0.493. The van der Waals surface area contributed by atoms with Crippen molar-refractivity contribution in [1.29, 1.82) is 0 Å². The van der Waals surface area contributed by atoms with Crippen LogP contribution in [0.25, 0.3) is 0 Å². The highest BCUT2D eigenvalue weighted by Crippen LogP contribution is 2.47. The molecule has 0 unspecified atom stereocenters. The quantitative estimate of drug-likeness (QED) is 0.523. The minimum atomic E-state index is -6.65. The smallest absolute Gasteiger partial charge is 0.195 e. The van der Waals surface area contributed by atoms with E-state index in [1.54, 1.807) is 0 Å². The van der Waals surface area contributed by atoms with Gasteiger partial charge in [0.25, 0.3) is 0 Å². The average molecular weight is 264 g/mol. The van der Waals surface area contributed by atoms with Crippen molar-refractivity contribution in [3.63, 3.8) is 0 Å². The SMILES string of the molecule is FC(F)(F)/C=C/C(F)(F)C(F)(F)C(F)(F)F. The van der Waals surface area contributed by atoms with Crippen LogP contribution in [-0.2, 0) is 0 Å². The molecule has 0 radical (unpaired) electrons. The Morgan fingerprint density at radius 2 is 0.938 bits per heavy atom. The Hall–Kier alpha value is -0.960. The first-order valence-electron chi connectivity index (χ1n) is 3.30. The van der Waals surface area contributed by atoms with Gasteiger partial charge in [0.1, 0.15) is 0 Å². The highest BCUT2D eigenvalue weighted by Gasteiger charge is 2.72. The van der Waals surface area contributed by atoms with Crippen LogP contribution in [0.4, 0.5) is 43.9 Å². The number of allylic oxidation sites excluding steroid dienone is 2. The zero-order chi connectivity index (χ0) is 13.4. The number of alkyl halides is 10. The summed E-state index contributed by atoms with van der Waals surface area (Å²) < 4.78 is 117. The summed E-state index contributed by atoms with van der Waals surface area (Å²) >= 11 is 0. The van der Waals surface area contributed by atoms with E-state index in [2.05, 4.69) is 0 Å². The first-order chi connectivity index (χ1) is 6.71. The van der Waals surface area contributed by atoms with Gasteiger partial charge in [-0.05, 0) is 6.08 Å². The third-order valence-corrected chi connectivity index (χ3v) is 1.26. The van der Waals surface area contributed by atoms with E-state index >= 15 is 0 Å². The summed E-state index contributed by atoms with van der Waals surface area (Å²) in [7, 11) is 0. The van der Waals surface area contributed by atoms with E-state index in [1.807, 2.05) is 0 Å². The standard InChI is InChI=1S/C6H2F10/c7-3(8,1-2-4(9,10)11)5(12,13)6(14,15)16/h1-2H/b2-1+. The van der Waals surface area contributed by atoms with Crippen molar-refractivity contribution in [2.24, 2.45) is 0 Å². The molecular weight excluding hydrogens is 262 g/mol. The molecule has 0 aromatic rings. The second kappa shape index (κ2) is 3.81. The monoisotopic (exact) mass is 264 g/mol. The number of rotatable bonds is 2. The van der Waals surface area contributed by atoms with E-state index < -0.39 is 36.3 Å². The number of hydrogen-bond donors (Lipinski definition) is 0. The summed E-state index contributed by atoms with van der Waals surface area (Å²) in [6.45, 7) is 0. The van der Waals surface area contributed by atoms with Gasteiger partial charge in [-0.1, -0.05) is 0 Å². The molecular formula is C6H2F10. The van der Waals surface area contributed by atoms with Crippen LogP contribution in [0.3, 0.4) is 0 Å². The highest BCUT2D eigenvalue weighted by atomic mass is 19.4. The lowest BCUT2D eigenvalue weighted by Gasteiger charge is -2.25. The molecule has 10 heteroatoms. The van der Waals surface area contributed by atoms with Crippen LogP contribution >= 0.6 is 0 Å². The molecule has 0 nitrogen and oxygen atoms in total. The second-order valence-corrected chi connectivity index (χ2v) is 2.57. The van der Waals surface area contributed by atoms with E-state index in [9.17, 15) is 43.9 Å². The van der Waals surface area contributed by atoms with Crippen molar-refractivity contribution in [1.82, 2.24) is 0 Å². The van der Waals surface area contributed by atoms with E-state index in [0.29, 0.717) is 0 Å². The lowest BCUT2D eigenvalue weighted by molar-refractivity contribution is -0.342. The van der Waals surface area contributed by atoms with E-state index in [-0.39, 0.29) is 0 Å². The number of halogens is 10. The maximum atomic E-state index is 12.2. The normalized spacial score (nSPS) is 15.9. The fourth-order valence-corrected chi connectivity index (χ4v) is 0.493. The molecule has 0 N–H and O–H groups in total. The summed E-state index contributed by atoms with van der Waals surface area (Å²) in [4.78, 5) is 0. The van der Waals surface area contributed by atoms with Crippen LogP contribution in [0.1, 0.15) is 0 Å². The average Bonchev–Trinajstić information content (AvgIpc) is 1.97. The lowest BCUT2D eigenvalue weighted by atomic mass is 10.1. The van der Waals surface area contributed by atoms with E-state index in [4.69, 9.17) is 0 Å². The second-order valence-electron chi connectivity index (χ2n) is 2.57. The molecule has 0 rings (SSSR count). The third kappa shape index (κ3) is 3.27. The summed E-state index contributed by atoms with van der Waals surface area (Å²) in [6.07, 6.45) is -15.0. The van der Waals surface area contributed by atoms with Crippen LogP contribution < -0.4 is 0 Å². The fraction of sp³-hybridized carbons (Fsp3) is 0.667. The predicted octanol–water partition coefficient (Wildman–Crippen LogP) is 3.94. The zero-order valence-corrected chi connectivity index (χ0v) is 6.93. The van der Waals surface area contributed by atoms with Crippen LogP contribution in [0, 0.1) is 0 Å². The summed E-state index contributed by atoms with van der Waals surface area (Å²) in [6, 6.07) is 0. The number of hydrogen-bond acceptors (Lipinski definition) is 0. The molecule has 16 heavy (non-hydrogen) atoms. The van der Waals surface area contributed by atoms with Crippen molar-refractivity contribution in [3.05, 3.63) is 12.2 Å². The summed E-state index contributed by atoms with van der Waals surface area (Å²) in [5.41, 5.74) is 0. The molecule has 0 saturated carbocycles. The zero-order valence-electron chi connectivity index (χ0n) is 6.93. The summed E-state index contributed by atoms with van der Waals surface area (Å²) in [5, 5.41) is 0. The first-order valence-corrected chi connectivity index (χ1v) is 3.30. The van der Waals surface area contributed by atoms with Gasteiger partial charge in [0.2, 0.25) is 0 Å². The molecule has 0 bridgehead atoms. The van der Waals surface area contributed by atoms with Gasteiger partial charge in [0, 0.05) is 6.08 Å². The summed E-state index contributed by atoms with van der Waals surface area (Å²) in [5.74, 6) is -12.5. The molecule has 0 fully saturated rings. The Labute approximate surface area is 81.5 Å². The van der Waals surface area contributed by atoms with Gasteiger partial charge in [-0.25, -0.2) is 0 Å². The van der Waals surface area contributed by atoms with Crippen molar-refractivity contribution in [2.75, 3.05) is 0 Å². The van der Waals surface area contributed by atoms with Crippen molar-refractivity contribution >= 4 is 0 Å². The highest BCUT2D eigenvalue weighted by molar-refractivity contribution is 5.07. The van der Waals surface area contributed by atoms with Gasteiger partial charge < -0.3 is 0 Å².